The average Bonchev–Trinajstić information content (AvgIpc) is 2.58. The molecule has 0 bridgehead atoms. The van der Waals surface area contributed by atoms with Crippen LogP contribution in [0.25, 0.3) is 5.57 Å². The summed E-state index contributed by atoms with van der Waals surface area (Å²) in [7, 11) is 0. The molecule has 2 nitrogen and oxygen atoms in total. The molecule has 0 heterocycles. The van der Waals surface area contributed by atoms with Crippen molar-refractivity contribution in [3.05, 3.63) is 88.6 Å². The molecule has 0 saturated carbocycles. The van der Waals surface area contributed by atoms with Gasteiger partial charge in [0.15, 0.2) is 0 Å². The lowest BCUT2D eigenvalue weighted by molar-refractivity contribution is 0.632. The summed E-state index contributed by atoms with van der Waals surface area (Å²) in [5, 5.41) is 3.27. The predicted octanol–water partition coefficient (Wildman–Crippen LogP) is 5.97. The highest BCUT2D eigenvalue weighted by molar-refractivity contribution is 5.80. The molecule has 2 rings (SSSR count). The SMILES string of the molecule is C=N/C=C(\C(=C)NCC1=C(C)CC/C=C/C=C1F)c1ccc(C)cc1C. The average molecular weight is 350 g/mol. The molecule has 0 saturated heterocycles. The largest absolute Gasteiger partial charge is 0.381 e. The van der Waals surface area contributed by atoms with E-state index in [4.69, 9.17) is 0 Å². The number of benzene rings is 1. The number of aliphatic imine (C=N–C) groups is 1. The molecule has 1 N–H and O–H groups in total. The van der Waals surface area contributed by atoms with Crippen molar-refractivity contribution >= 4 is 12.3 Å². The Morgan fingerprint density at radius 2 is 2.08 bits per heavy atom. The summed E-state index contributed by atoms with van der Waals surface area (Å²) in [4.78, 5) is 3.93. The van der Waals surface area contributed by atoms with Gasteiger partial charge in [0.1, 0.15) is 5.83 Å². The van der Waals surface area contributed by atoms with Gasteiger partial charge in [-0.2, -0.15) is 0 Å². The molecule has 0 unspecified atom stereocenters. The molecule has 0 spiro atoms. The fraction of sp³-hybridized carbons (Fsp3) is 0.261. The topological polar surface area (TPSA) is 24.4 Å². The van der Waals surface area contributed by atoms with Gasteiger partial charge in [0.2, 0.25) is 0 Å². The molecule has 1 aromatic carbocycles. The Labute approximate surface area is 156 Å². The molecule has 1 aliphatic rings. The second-order valence-corrected chi connectivity index (χ2v) is 6.62. The lowest BCUT2D eigenvalue weighted by atomic mass is 9.97. The monoisotopic (exact) mass is 350 g/mol. The maximum absolute atomic E-state index is 14.4. The second-order valence-electron chi connectivity index (χ2n) is 6.62. The number of hydrogen-bond acceptors (Lipinski definition) is 2. The first-order valence-corrected chi connectivity index (χ1v) is 8.82. The van der Waals surface area contributed by atoms with Gasteiger partial charge in [-0.1, -0.05) is 48.1 Å². The van der Waals surface area contributed by atoms with Gasteiger partial charge in [-0.05, 0) is 57.5 Å². The minimum absolute atomic E-state index is 0.197. The Kier molecular flexibility index (Phi) is 6.90. The fourth-order valence-electron chi connectivity index (χ4n) is 3.05. The van der Waals surface area contributed by atoms with Crippen molar-refractivity contribution in [2.75, 3.05) is 6.54 Å². The van der Waals surface area contributed by atoms with Crippen LogP contribution in [-0.2, 0) is 0 Å². The van der Waals surface area contributed by atoms with Gasteiger partial charge >= 0.3 is 0 Å². The molecule has 0 atom stereocenters. The van der Waals surface area contributed by atoms with E-state index in [1.54, 1.807) is 12.3 Å². The zero-order chi connectivity index (χ0) is 19.1. The molecular weight excluding hydrogens is 323 g/mol. The smallest absolute Gasteiger partial charge is 0.128 e. The second kappa shape index (κ2) is 9.14. The standard InChI is InChI=1S/C23H27FN2/c1-16-11-12-20(18(3)13-16)22(14-25-5)19(4)26-15-21-17(2)9-7-6-8-10-23(21)24/h6,8,10-14,26H,4-5,7,9,15H2,1-3H3/b8-6+,21-17?,22-14+,23-10?. The summed E-state index contributed by atoms with van der Waals surface area (Å²) in [6, 6.07) is 6.23. The highest BCUT2D eigenvalue weighted by Gasteiger charge is 2.13. The summed E-state index contributed by atoms with van der Waals surface area (Å²) < 4.78 is 14.4. The number of halogens is 1. The number of hydrogen-bond donors (Lipinski definition) is 1. The minimum atomic E-state index is -0.197. The minimum Gasteiger partial charge on any atom is -0.381 e. The van der Waals surface area contributed by atoms with Crippen molar-refractivity contribution in [2.45, 2.75) is 33.6 Å². The third-order valence-electron chi connectivity index (χ3n) is 4.56. The third kappa shape index (κ3) is 4.92. The fourth-order valence-corrected chi connectivity index (χ4v) is 3.05. The highest BCUT2D eigenvalue weighted by atomic mass is 19.1. The number of rotatable bonds is 6. The number of nitrogens with one attached hydrogen (secondary N) is 1. The molecule has 0 aliphatic heterocycles. The van der Waals surface area contributed by atoms with E-state index in [0.717, 1.165) is 35.1 Å². The van der Waals surface area contributed by atoms with Gasteiger partial charge in [-0.15, -0.1) is 0 Å². The van der Waals surface area contributed by atoms with E-state index in [1.807, 2.05) is 13.0 Å². The van der Waals surface area contributed by atoms with Gasteiger partial charge in [-0.3, -0.25) is 4.99 Å². The van der Waals surface area contributed by atoms with Crippen LogP contribution in [0.1, 0.15) is 36.5 Å². The highest BCUT2D eigenvalue weighted by Crippen LogP contribution is 2.26. The van der Waals surface area contributed by atoms with Gasteiger partial charge < -0.3 is 5.32 Å². The van der Waals surface area contributed by atoms with Crippen LogP contribution >= 0.6 is 0 Å². The van der Waals surface area contributed by atoms with Crippen molar-refractivity contribution in [3.8, 4) is 0 Å². The molecule has 0 fully saturated rings. The molecule has 1 aromatic rings. The summed E-state index contributed by atoms with van der Waals surface area (Å²) in [6.45, 7) is 14.2. The van der Waals surface area contributed by atoms with Crippen LogP contribution in [0.4, 0.5) is 4.39 Å². The maximum Gasteiger partial charge on any atom is 0.128 e. The first-order chi connectivity index (χ1) is 12.4. The molecule has 136 valence electrons. The quantitative estimate of drug-likeness (QED) is 0.496. The van der Waals surface area contributed by atoms with Crippen molar-refractivity contribution in [1.82, 2.24) is 5.32 Å². The first-order valence-electron chi connectivity index (χ1n) is 8.82. The van der Waals surface area contributed by atoms with E-state index >= 15 is 0 Å². The van der Waals surface area contributed by atoms with Crippen molar-refractivity contribution < 1.29 is 4.39 Å². The zero-order valence-corrected chi connectivity index (χ0v) is 15.9. The van der Waals surface area contributed by atoms with Crippen LogP contribution < -0.4 is 5.32 Å². The maximum atomic E-state index is 14.4. The van der Waals surface area contributed by atoms with Crippen LogP contribution in [0, 0.1) is 13.8 Å². The summed E-state index contributed by atoms with van der Waals surface area (Å²) in [6.07, 6.45) is 8.77. The molecule has 0 radical (unpaired) electrons. The van der Waals surface area contributed by atoms with Crippen LogP contribution in [-0.4, -0.2) is 13.3 Å². The van der Waals surface area contributed by atoms with E-state index in [0.29, 0.717) is 17.8 Å². The van der Waals surface area contributed by atoms with Crippen LogP contribution in [0.2, 0.25) is 0 Å². The Hall–Kier alpha value is -2.68. The van der Waals surface area contributed by atoms with Crippen LogP contribution in [0.15, 0.2) is 76.9 Å². The van der Waals surface area contributed by atoms with E-state index in [1.165, 1.54) is 11.6 Å². The normalized spacial score (nSPS) is 16.5. The van der Waals surface area contributed by atoms with Crippen molar-refractivity contribution in [2.24, 2.45) is 4.99 Å². The molecular formula is C23H27FN2. The predicted molar refractivity (Wildman–Crippen MR) is 111 cm³/mol. The van der Waals surface area contributed by atoms with Crippen LogP contribution in [0.5, 0.6) is 0 Å². The Morgan fingerprint density at radius 3 is 2.77 bits per heavy atom. The summed E-state index contributed by atoms with van der Waals surface area (Å²) in [5.41, 5.74) is 6.71. The summed E-state index contributed by atoms with van der Waals surface area (Å²) in [5.74, 6) is -0.197. The van der Waals surface area contributed by atoms with E-state index in [-0.39, 0.29) is 5.83 Å². The van der Waals surface area contributed by atoms with E-state index in [9.17, 15) is 4.39 Å². The van der Waals surface area contributed by atoms with Crippen LogP contribution in [0.3, 0.4) is 0 Å². The van der Waals surface area contributed by atoms with E-state index < -0.39 is 0 Å². The Balaban J connectivity index is 2.23. The molecule has 0 aromatic heterocycles. The van der Waals surface area contributed by atoms with Gasteiger partial charge in [0.25, 0.3) is 0 Å². The molecule has 26 heavy (non-hydrogen) atoms. The van der Waals surface area contributed by atoms with Gasteiger partial charge in [-0.25, -0.2) is 4.39 Å². The summed E-state index contributed by atoms with van der Waals surface area (Å²) >= 11 is 0. The van der Waals surface area contributed by atoms with Crippen molar-refractivity contribution in [1.29, 1.82) is 0 Å². The third-order valence-corrected chi connectivity index (χ3v) is 4.56. The lowest BCUT2D eigenvalue weighted by Crippen LogP contribution is -2.19. The zero-order valence-electron chi connectivity index (χ0n) is 15.9. The molecule has 0 amide bonds. The number of nitrogens with zero attached hydrogens (tertiary/aromatic N) is 1. The lowest BCUT2D eigenvalue weighted by Gasteiger charge is -2.18. The van der Waals surface area contributed by atoms with Crippen molar-refractivity contribution in [3.63, 3.8) is 0 Å². The Bertz CT molecular complexity index is 823. The number of allylic oxidation sites excluding steroid dienone is 5. The van der Waals surface area contributed by atoms with Gasteiger partial charge in [0.05, 0.1) is 0 Å². The first kappa shape index (κ1) is 19.6. The van der Waals surface area contributed by atoms with Gasteiger partial charge in [0, 0.05) is 29.6 Å². The van der Waals surface area contributed by atoms with E-state index in [2.05, 4.69) is 55.7 Å². The number of aryl methyl sites for hydroxylation is 2. The Morgan fingerprint density at radius 1 is 1.31 bits per heavy atom. The molecule has 3 heteroatoms. The molecule has 1 aliphatic carbocycles.